The summed E-state index contributed by atoms with van der Waals surface area (Å²) in [5.74, 6) is 1.32. The first-order chi connectivity index (χ1) is 13.1. The third kappa shape index (κ3) is 2.90. The number of ether oxygens (including phenoxy) is 1. The van der Waals surface area contributed by atoms with Crippen LogP contribution in [0.5, 0.6) is 0 Å². The summed E-state index contributed by atoms with van der Waals surface area (Å²) in [6, 6.07) is 7.05. The predicted octanol–water partition coefficient (Wildman–Crippen LogP) is 4.88. The van der Waals surface area contributed by atoms with E-state index in [1.54, 1.807) is 12.1 Å². The normalized spacial score (nSPS) is 38.3. The Bertz CT molecular complexity index is 801. The van der Waals surface area contributed by atoms with Gasteiger partial charge in [-0.3, -0.25) is 0 Å². The maximum absolute atomic E-state index is 13.4. The zero-order valence-electron chi connectivity index (χ0n) is 15.5. The Morgan fingerprint density at radius 2 is 2.04 bits per heavy atom. The van der Waals surface area contributed by atoms with Crippen LogP contribution in [0.15, 0.2) is 48.6 Å². The van der Waals surface area contributed by atoms with Gasteiger partial charge in [0.15, 0.2) is 0 Å². The van der Waals surface area contributed by atoms with E-state index >= 15 is 0 Å². The van der Waals surface area contributed by atoms with Crippen molar-refractivity contribution in [1.29, 1.82) is 0 Å². The number of amides is 1. The molecule has 1 aromatic carbocycles. The van der Waals surface area contributed by atoms with Crippen LogP contribution in [-0.4, -0.2) is 18.2 Å². The highest BCUT2D eigenvalue weighted by Gasteiger charge is 2.65. The first kappa shape index (κ1) is 17.0. The van der Waals surface area contributed by atoms with Crippen LogP contribution in [0.1, 0.15) is 44.1 Å². The Labute approximate surface area is 159 Å². The second kappa shape index (κ2) is 6.22. The zero-order valence-corrected chi connectivity index (χ0v) is 15.5. The minimum Gasteiger partial charge on any atom is -0.449 e. The van der Waals surface area contributed by atoms with E-state index in [1.165, 1.54) is 18.4 Å². The van der Waals surface area contributed by atoms with Gasteiger partial charge in [-0.25, -0.2) is 9.18 Å². The molecule has 3 nitrogen and oxygen atoms in total. The minimum absolute atomic E-state index is 0.0980. The lowest BCUT2D eigenvalue weighted by atomic mass is 9.69. The number of alkyl carbamates (subject to hydrolysis) is 1. The molecule has 0 aromatic heterocycles. The first-order valence-electron chi connectivity index (χ1n) is 10.1. The van der Waals surface area contributed by atoms with E-state index in [-0.39, 0.29) is 28.8 Å². The quantitative estimate of drug-likeness (QED) is 0.823. The lowest BCUT2D eigenvalue weighted by Gasteiger charge is -2.41. The number of hydrogen-bond donors (Lipinski definition) is 1. The van der Waals surface area contributed by atoms with E-state index in [0.717, 1.165) is 25.7 Å². The lowest BCUT2D eigenvalue weighted by Crippen LogP contribution is -2.52. The van der Waals surface area contributed by atoms with Gasteiger partial charge in [-0.05, 0) is 68.1 Å². The molecule has 0 aliphatic heterocycles. The van der Waals surface area contributed by atoms with Crippen molar-refractivity contribution in [2.75, 3.05) is 6.61 Å². The Kier molecular flexibility index (Phi) is 3.92. The van der Waals surface area contributed by atoms with Crippen LogP contribution in [-0.2, 0) is 10.2 Å². The molecule has 5 atom stereocenters. The number of allylic oxidation sites excluding steroid dienone is 3. The monoisotopic (exact) mass is 367 g/mol. The largest absolute Gasteiger partial charge is 0.449 e. The number of carbonyl (C=O) groups is 1. The standard InChI is InChI=1S/C23H26FNO2/c24-20-8-6-18(7-9-20)23-12-17-10-19(23)13-22(11-17,15-23)25-21(26)27-14-16-4-2-1-3-5-16/h1-4,6-9,16-17,19H,5,10-15H2,(H,25,26). The lowest BCUT2D eigenvalue weighted by molar-refractivity contribution is 0.106. The molecule has 27 heavy (non-hydrogen) atoms. The summed E-state index contributed by atoms with van der Waals surface area (Å²) in [5.41, 5.74) is 1.19. The summed E-state index contributed by atoms with van der Waals surface area (Å²) >= 11 is 0. The van der Waals surface area contributed by atoms with Crippen LogP contribution in [0.4, 0.5) is 9.18 Å². The van der Waals surface area contributed by atoms with Crippen molar-refractivity contribution in [1.82, 2.24) is 5.32 Å². The van der Waals surface area contributed by atoms with Gasteiger partial charge in [0.25, 0.3) is 0 Å². The number of hydrogen-bond acceptors (Lipinski definition) is 2. The molecule has 4 bridgehead atoms. The number of rotatable bonds is 4. The molecular weight excluding hydrogens is 341 g/mol. The van der Waals surface area contributed by atoms with E-state index in [0.29, 0.717) is 18.4 Å². The third-order valence-corrected chi connectivity index (χ3v) is 7.31. The van der Waals surface area contributed by atoms with E-state index in [2.05, 4.69) is 17.5 Å². The fourth-order valence-electron chi connectivity index (χ4n) is 6.47. The van der Waals surface area contributed by atoms with Gasteiger partial charge in [-0.1, -0.05) is 36.4 Å². The topological polar surface area (TPSA) is 38.3 Å². The van der Waals surface area contributed by atoms with Crippen molar-refractivity contribution in [3.63, 3.8) is 0 Å². The molecule has 0 spiro atoms. The van der Waals surface area contributed by atoms with Crippen LogP contribution >= 0.6 is 0 Å². The molecule has 1 N–H and O–H groups in total. The van der Waals surface area contributed by atoms with Crippen molar-refractivity contribution in [2.45, 2.75) is 49.5 Å². The fraction of sp³-hybridized carbons (Fsp3) is 0.522. The van der Waals surface area contributed by atoms with Crippen molar-refractivity contribution in [2.24, 2.45) is 17.8 Å². The fourth-order valence-corrected chi connectivity index (χ4v) is 6.47. The summed E-state index contributed by atoms with van der Waals surface area (Å²) in [6.45, 7) is 0.429. The van der Waals surface area contributed by atoms with Crippen LogP contribution < -0.4 is 5.32 Å². The van der Waals surface area contributed by atoms with Crippen LogP contribution in [0.25, 0.3) is 0 Å². The minimum atomic E-state index is -0.283. The molecule has 1 aromatic rings. The van der Waals surface area contributed by atoms with Crippen molar-refractivity contribution >= 4 is 6.09 Å². The Morgan fingerprint density at radius 3 is 2.81 bits per heavy atom. The number of halogens is 1. The highest BCUT2D eigenvalue weighted by atomic mass is 19.1. The molecule has 6 rings (SSSR count). The molecule has 0 radical (unpaired) electrons. The molecular formula is C23H26FNO2. The maximum atomic E-state index is 13.4. The molecule has 0 heterocycles. The summed E-state index contributed by atoms with van der Waals surface area (Å²) in [5, 5.41) is 3.25. The van der Waals surface area contributed by atoms with Gasteiger partial charge >= 0.3 is 6.09 Å². The summed E-state index contributed by atoms with van der Waals surface area (Å²) in [7, 11) is 0. The Morgan fingerprint density at radius 1 is 1.19 bits per heavy atom. The average Bonchev–Trinajstić information content (AvgIpc) is 3.04. The molecule has 4 fully saturated rings. The van der Waals surface area contributed by atoms with Crippen molar-refractivity contribution in [3.05, 3.63) is 60.0 Å². The highest BCUT2D eigenvalue weighted by molar-refractivity contribution is 5.68. The molecule has 4 heteroatoms. The number of benzene rings is 1. The predicted molar refractivity (Wildman–Crippen MR) is 102 cm³/mol. The first-order valence-corrected chi connectivity index (χ1v) is 10.1. The van der Waals surface area contributed by atoms with Crippen LogP contribution in [0, 0.1) is 23.6 Å². The van der Waals surface area contributed by atoms with E-state index < -0.39 is 0 Å². The molecule has 142 valence electrons. The van der Waals surface area contributed by atoms with Gasteiger partial charge in [0, 0.05) is 16.9 Å². The van der Waals surface area contributed by atoms with Gasteiger partial charge in [0.1, 0.15) is 5.82 Å². The van der Waals surface area contributed by atoms with Gasteiger partial charge in [0.05, 0.1) is 6.61 Å². The molecule has 1 amide bonds. The molecule has 4 saturated carbocycles. The van der Waals surface area contributed by atoms with Gasteiger partial charge < -0.3 is 10.1 Å². The number of carbonyl (C=O) groups excluding carboxylic acids is 1. The Balaban J connectivity index is 1.28. The second-order valence-corrected chi connectivity index (χ2v) is 9.06. The van der Waals surface area contributed by atoms with Crippen molar-refractivity contribution < 1.29 is 13.9 Å². The molecule has 0 saturated heterocycles. The number of nitrogens with one attached hydrogen (secondary N) is 1. The van der Waals surface area contributed by atoms with Crippen molar-refractivity contribution in [3.8, 4) is 0 Å². The average molecular weight is 367 g/mol. The summed E-state index contributed by atoms with van der Waals surface area (Å²) in [6.07, 6.45) is 14.3. The van der Waals surface area contributed by atoms with E-state index in [1.807, 2.05) is 24.3 Å². The van der Waals surface area contributed by atoms with Gasteiger partial charge in [-0.15, -0.1) is 0 Å². The SMILES string of the molecule is O=C(NC12CC3CC(C1)C(c1ccc(F)cc1)(C3)C2)OCC1C=CC=CC1. The summed E-state index contributed by atoms with van der Waals surface area (Å²) < 4.78 is 19.0. The molecule has 5 unspecified atom stereocenters. The zero-order chi connectivity index (χ0) is 18.5. The van der Waals surface area contributed by atoms with E-state index in [4.69, 9.17) is 4.74 Å². The van der Waals surface area contributed by atoms with Gasteiger partial charge in [0.2, 0.25) is 0 Å². The van der Waals surface area contributed by atoms with E-state index in [9.17, 15) is 9.18 Å². The van der Waals surface area contributed by atoms with Gasteiger partial charge in [-0.2, -0.15) is 0 Å². The molecule has 5 aliphatic carbocycles. The third-order valence-electron chi connectivity index (χ3n) is 7.31. The second-order valence-electron chi connectivity index (χ2n) is 9.06. The summed E-state index contributed by atoms with van der Waals surface area (Å²) in [4.78, 5) is 12.5. The highest BCUT2D eigenvalue weighted by Crippen LogP contribution is 2.67. The maximum Gasteiger partial charge on any atom is 0.407 e. The van der Waals surface area contributed by atoms with Crippen LogP contribution in [0.3, 0.4) is 0 Å². The molecule has 5 aliphatic rings. The Hall–Kier alpha value is -2.10. The van der Waals surface area contributed by atoms with Crippen LogP contribution in [0.2, 0.25) is 0 Å². The smallest absolute Gasteiger partial charge is 0.407 e.